The molecule has 0 saturated carbocycles. The predicted molar refractivity (Wildman–Crippen MR) is 302 cm³/mol. The van der Waals surface area contributed by atoms with Gasteiger partial charge in [0, 0.05) is 19.3 Å². The summed E-state index contributed by atoms with van der Waals surface area (Å²) in [6, 6.07) is 0. The van der Waals surface area contributed by atoms with E-state index in [2.05, 4.69) is 81.5 Å². The average Bonchev–Trinajstić information content (AvgIpc) is 3.36. The summed E-state index contributed by atoms with van der Waals surface area (Å²) in [6.07, 6.45) is 73.7. The van der Waals surface area contributed by atoms with Crippen LogP contribution in [0.1, 0.15) is 310 Å². The molecule has 0 amide bonds. The summed E-state index contributed by atoms with van der Waals surface area (Å²) < 4.78 is 16.9. The lowest BCUT2D eigenvalue weighted by Crippen LogP contribution is -2.30. The summed E-state index contributed by atoms with van der Waals surface area (Å²) in [4.78, 5) is 38.1. The largest absolute Gasteiger partial charge is 0.462 e. The second-order valence-corrected chi connectivity index (χ2v) is 20.2. The molecule has 0 saturated heterocycles. The average molecular weight is 980 g/mol. The highest BCUT2D eigenvalue weighted by atomic mass is 16.6. The van der Waals surface area contributed by atoms with Crippen LogP contribution in [0, 0.1) is 0 Å². The van der Waals surface area contributed by atoms with Gasteiger partial charge in [-0.15, -0.1) is 0 Å². The molecule has 6 nitrogen and oxygen atoms in total. The van der Waals surface area contributed by atoms with Gasteiger partial charge < -0.3 is 14.2 Å². The van der Waals surface area contributed by atoms with Crippen molar-refractivity contribution >= 4 is 17.9 Å². The zero-order chi connectivity index (χ0) is 50.7. The number of carbonyl (C=O) groups is 3. The SMILES string of the molecule is CC/C=C\C/C=C\C/C=C\C/C=C\CCCCCCCCCCCCCCCCC(=O)OCC(COC(=O)CCCCCCCCCCCCCC)OC(=O)CCCCCCC/C=C\CCCCCC. The Bertz CT molecular complexity index is 1260. The van der Waals surface area contributed by atoms with Crippen LogP contribution in [-0.2, 0) is 28.6 Å². The van der Waals surface area contributed by atoms with Crippen molar-refractivity contribution in [2.75, 3.05) is 13.2 Å². The summed E-state index contributed by atoms with van der Waals surface area (Å²) in [6.45, 7) is 6.53. The molecule has 0 fully saturated rings. The van der Waals surface area contributed by atoms with Gasteiger partial charge in [0.05, 0.1) is 0 Å². The number of allylic oxidation sites excluding steroid dienone is 10. The third kappa shape index (κ3) is 56.0. The van der Waals surface area contributed by atoms with Crippen LogP contribution in [0.25, 0.3) is 0 Å². The van der Waals surface area contributed by atoms with E-state index in [9.17, 15) is 14.4 Å². The Balaban J connectivity index is 4.19. The smallest absolute Gasteiger partial charge is 0.306 e. The molecule has 0 aliphatic rings. The van der Waals surface area contributed by atoms with Gasteiger partial charge in [-0.05, 0) is 83.5 Å². The van der Waals surface area contributed by atoms with Gasteiger partial charge in [-0.2, -0.15) is 0 Å². The van der Waals surface area contributed by atoms with E-state index in [0.717, 1.165) is 89.9 Å². The fourth-order valence-corrected chi connectivity index (χ4v) is 8.72. The summed E-state index contributed by atoms with van der Waals surface area (Å²) in [5.74, 6) is -0.869. The number of hydrogen-bond acceptors (Lipinski definition) is 6. The summed E-state index contributed by atoms with van der Waals surface area (Å²) in [7, 11) is 0. The van der Waals surface area contributed by atoms with Crippen molar-refractivity contribution in [3.63, 3.8) is 0 Å². The number of unbranched alkanes of at least 4 members (excludes halogenated alkanes) is 34. The van der Waals surface area contributed by atoms with Gasteiger partial charge in [0.15, 0.2) is 6.10 Å². The fraction of sp³-hybridized carbons (Fsp3) is 0.797. The molecule has 0 aliphatic heterocycles. The van der Waals surface area contributed by atoms with Crippen molar-refractivity contribution in [2.24, 2.45) is 0 Å². The van der Waals surface area contributed by atoms with Gasteiger partial charge in [0.1, 0.15) is 13.2 Å². The number of ether oxygens (including phenoxy) is 3. The van der Waals surface area contributed by atoms with Gasteiger partial charge in [-0.1, -0.05) is 268 Å². The van der Waals surface area contributed by atoms with Crippen molar-refractivity contribution in [2.45, 2.75) is 316 Å². The van der Waals surface area contributed by atoms with Gasteiger partial charge in [-0.25, -0.2) is 0 Å². The molecule has 1 atom stereocenters. The molecule has 6 heteroatoms. The minimum atomic E-state index is -0.775. The Kier molecular flexibility index (Phi) is 56.3. The minimum Gasteiger partial charge on any atom is -0.462 e. The first-order valence-electron chi connectivity index (χ1n) is 30.3. The maximum absolute atomic E-state index is 12.8. The molecule has 0 spiro atoms. The van der Waals surface area contributed by atoms with Crippen LogP contribution in [0.15, 0.2) is 60.8 Å². The molecular formula is C64H114O6. The Morgan fingerprint density at radius 3 is 0.900 bits per heavy atom. The lowest BCUT2D eigenvalue weighted by atomic mass is 10.0. The molecule has 406 valence electrons. The lowest BCUT2D eigenvalue weighted by molar-refractivity contribution is -0.167. The molecule has 70 heavy (non-hydrogen) atoms. The van der Waals surface area contributed by atoms with Gasteiger partial charge in [-0.3, -0.25) is 14.4 Å². The highest BCUT2D eigenvalue weighted by Gasteiger charge is 2.19. The number of hydrogen-bond donors (Lipinski definition) is 0. The standard InChI is InChI=1S/C64H114O6/c1-4-7-10-13-16-19-22-25-26-27-28-29-30-31-32-33-34-35-36-37-38-40-42-45-48-51-54-57-63(66)69-60-61(59-68-62(65)56-53-50-47-44-41-24-21-18-15-12-9-6-3)70-64(67)58-55-52-49-46-43-39-23-20-17-14-11-8-5-2/h7,10,16,19-20,23,25-26,28-29,61H,4-6,8-9,11-15,17-18,21-22,24,27,30-60H2,1-3H3/b10-7-,19-16-,23-20-,26-25-,29-28-. The third-order valence-corrected chi connectivity index (χ3v) is 13.3. The summed E-state index contributed by atoms with van der Waals surface area (Å²) in [5, 5.41) is 0. The van der Waals surface area contributed by atoms with Crippen molar-refractivity contribution < 1.29 is 28.6 Å². The third-order valence-electron chi connectivity index (χ3n) is 13.3. The topological polar surface area (TPSA) is 78.9 Å². The number of carbonyl (C=O) groups excluding carboxylic acids is 3. The van der Waals surface area contributed by atoms with Crippen LogP contribution in [0.2, 0.25) is 0 Å². The molecule has 0 rings (SSSR count). The molecule has 0 bridgehead atoms. The molecule has 0 aromatic carbocycles. The molecule has 0 aliphatic carbocycles. The Labute approximate surface area is 434 Å². The first kappa shape index (κ1) is 67.1. The second kappa shape index (κ2) is 58.7. The van der Waals surface area contributed by atoms with E-state index in [-0.39, 0.29) is 31.1 Å². The van der Waals surface area contributed by atoms with Crippen LogP contribution in [0.5, 0.6) is 0 Å². The van der Waals surface area contributed by atoms with Crippen molar-refractivity contribution in [3.05, 3.63) is 60.8 Å². The molecule has 0 aromatic heterocycles. The van der Waals surface area contributed by atoms with Crippen LogP contribution < -0.4 is 0 Å². The molecule has 0 heterocycles. The highest BCUT2D eigenvalue weighted by molar-refractivity contribution is 5.71. The molecule has 0 aromatic rings. The summed E-state index contributed by atoms with van der Waals surface area (Å²) in [5.41, 5.74) is 0. The van der Waals surface area contributed by atoms with Gasteiger partial charge in [0.2, 0.25) is 0 Å². The van der Waals surface area contributed by atoms with Gasteiger partial charge >= 0.3 is 17.9 Å². The minimum absolute atomic E-state index is 0.0734. The number of rotatable bonds is 55. The van der Waals surface area contributed by atoms with E-state index in [0.29, 0.717) is 19.3 Å². The van der Waals surface area contributed by atoms with E-state index in [1.54, 1.807) is 0 Å². The lowest BCUT2D eigenvalue weighted by Gasteiger charge is -2.18. The summed E-state index contributed by atoms with van der Waals surface area (Å²) >= 11 is 0. The Morgan fingerprint density at radius 2 is 0.557 bits per heavy atom. The van der Waals surface area contributed by atoms with E-state index in [4.69, 9.17) is 14.2 Å². The zero-order valence-electron chi connectivity index (χ0n) is 46.5. The van der Waals surface area contributed by atoms with E-state index in [1.807, 2.05) is 0 Å². The maximum atomic E-state index is 12.8. The maximum Gasteiger partial charge on any atom is 0.306 e. The zero-order valence-corrected chi connectivity index (χ0v) is 46.5. The Morgan fingerprint density at radius 1 is 0.300 bits per heavy atom. The van der Waals surface area contributed by atoms with Crippen molar-refractivity contribution in [1.82, 2.24) is 0 Å². The van der Waals surface area contributed by atoms with Crippen LogP contribution >= 0.6 is 0 Å². The van der Waals surface area contributed by atoms with Crippen LogP contribution in [-0.4, -0.2) is 37.2 Å². The second-order valence-electron chi connectivity index (χ2n) is 20.2. The van der Waals surface area contributed by atoms with E-state index < -0.39 is 6.10 Å². The molecule has 0 radical (unpaired) electrons. The Hall–Kier alpha value is -2.89. The van der Waals surface area contributed by atoms with Crippen LogP contribution in [0.3, 0.4) is 0 Å². The molecule has 0 N–H and O–H groups in total. The first-order valence-corrected chi connectivity index (χ1v) is 30.3. The monoisotopic (exact) mass is 979 g/mol. The van der Waals surface area contributed by atoms with Crippen LogP contribution in [0.4, 0.5) is 0 Å². The predicted octanol–water partition coefficient (Wildman–Crippen LogP) is 20.4. The first-order chi connectivity index (χ1) is 34.5. The van der Waals surface area contributed by atoms with Crippen molar-refractivity contribution in [1.29, 1.82) is 0 Å². The quantitative estimate of drug-likeness (QED) is 0.0261. The highest BCUT2D eigenvalue weighted by Crippen LogP contribution is 2.17. The fourth-order valence-electron chi connectivity index (χ4n) is 8.72. The normalized spacial score (nSPS) is 12.4. The van der Waals surface area contributed by atoms with E-state index >= 15 is 0 Å². The van der Waals surface area contributed by atoms with E-state index in [1.165, 1.54) is 180 Å². The molecular weight excluding hydrogens is 865 g/mol. The number of esters is 3. The molecule has 1 unspecified atom stereocenters. The van der Waals surface area contributed by atoms with Crippen molar-refractivity contribution in [3.8, 4) is 0 Å². The van der Waals surface area contributed by atoms with Gasteiger partial charge in [0.25, 0.3) is 0 Å².